The molecule has 1 atom stereocenters. The van der Waals surface area contributed by atoms with Crippen LogP contribution < -0.4 is 5.32 Å². The van der Waals surface area contributed by atoms with Crippen molar-refractivity contribution >= 4 is 27.5 Å². The number of hydrogen-bond donors (Lipinski definition) is 1. The molecule has 100 valence electrons. The zero-order valence-electron chi connectivity index (χ0n) is 10.5. The van der Waals surface area contributed by atoms with Crippen molar-refractivity contribution in [1.29, 1.82) is 0 Å². The molecule has 0 saturated heterocycles. The summed E-state index contributed by atoms with van der Waals surface area (Å²) >= 11 is 9.55. The van der Waals surface area contributed by atoms with Gasteiger partial charge >= 0.3 is 0 Å². The third-order valence-electron chi connectivity index (χ3n) is 2.90. The van der Waals surface area contributed by atoms with Crippen molar-refractivity contribution in [2.75, 3.05) is 6.54 Å². The Morgan fingerprint density at radius 1 is 1.21 bits per heavy atom. The highest BCUT2D eigenvalue weighted by atomic mass is 79.9. The van der Waals surface area contributed by atoms with Crippen molar-refractivity contribution in [3.63, 3.8) is 0 Å². The molecule has 2 aromatic rings. The summed E-state index contributed by atoms with van der Waals surface area (Å²) in [4.78, 5) is 0. The van der Waals surface area contributed by atoms with Crippen LogP contribution in [0.5, 0.6) is 0 Å². The van der Waals surface area contributed by atoms with Crippen LogP contribution in [0.4, 0.5) is 4.39 Å². The first-order valence-electron chi connectivity index (χ1n) is 6.06. The van der Waals surface area contributed by atoms with Crippen LogP contribution in [-0.2, 0) is 0 Å². The van der Waals surface area contributed by atoms with Crippen LogP contribution in [0, 0.1) is 5.82 Å². The molecule has 19 heavy (non-hydrogen) atoms. The Kier molecular flexibility index (Phi) is 4.97. The Morgan fingerprint density at radius 2 is 1.89 bits per heavy atom. The Bertz CT molecular complexity index is 536. The van der Waals surface area contributed by atoms with Crippen molar-refractivity contribution in [3.05, 3.63) is 68.9 Å². The van der Waals surface area contributed by atoms with E-state index in [1.807, 2.05) is 31.2 Å². The summed E-state index contributed by atoms with van der Waals surface area (Å²) in [6.45, 7) is 2.71. The number of benzene rings is 2. The molecular weight excluding hydrogens is 329 g/mol. The zero-order valence-corrected chi connectivity index (χ0v) is 12.8. The molecule has 0 bridgehead atoms. The second kappa shape index (κ2) is 6.51. The Hall–Kier alpha value is -0.900. The van der Waals surface area contributed by atoms with Crippen molar-refractivity contribution in [2.24, 2.45) is 0 Å². The molecule has 1 unspecified atom stereocenters. The van der Waals surface area contributed by atoms with E-state index in [1.54, 1.807) is 12.1 Å². The van der Waals surface area contributed by atoms with Gasteiger partial charge in [0.1, 0.15) is 5.82 Å². The molecule has 1 N–H and O–H groups in total. The fourth-order valence-corrected chi connectivity index (χ4v) is 2.57. The lowest BCUT2D eigenvalue weighted by Crippen LogP contribution is -2.23. The van der Waals surface area contributed by atoms with E-state index in [-0.39, 0.29) is 11.9 Å². The lowest BCUT2D eigenvalue weighted by Gasteiger charge is -2.20. The van der Waals surface area contributed by atoms with Gasteiger partial charge in [0.25, 0.3) is 0 Å². The van der Waals surface area contributed by atoms with Crippen molar-refractivity contribution < 1.29 is 4.39 Å². The normalized spacial score (nSPS) is 12.4. The Balaban J connectivity index is 2.48. The molecule has 0 amide bonds. The molecule has 4 heteroatoms. The average molecular weight is 343 g/mol. The van der Waals surface area contributed by atoms with Crippen LogP contribution in [0.25, 0.3) is 0 Å². The molecule has 0 aromatic heterocycles. The second-order valence-corrected chi connectivity index (χ2v) is 5.50. The van der Waals surface area contributed by atoms with Crippen LogP contribution in [0.3, 0.4) is 0 Å². The third kappa shape index (κ3) is 3.35. The lowest BCUT2D eigenvalue weighted by molar-refractivity contribution is 0.559. The van der Waals surface area contributed by atoms with E-state index in [0.717, 1.165) is 16.6 Å². The Morgan fingerprint density at radius 3 is 2.47 bits per heavy atom. The van der Waals surface area contributed by atoms with Gasteiger partial charge in [0.05, 0.1) is 6.04 Å². The van der Waals surface area contributed by atoms with Gasteiger partial charge < -0.3 is 5.32 Å². The van der Waals surface area contributed by atoms with Gasteiger partial charge in [0.2, 0.25) is 0 Å². The minimum Gasteiger partial charge on any atom is -0.306 e. The maximum absolute atomic E-state index is 14.1. The fraction of sp³-hybridized carbons (Fsp3) is 0.200. The van der Waals surface area contributed by atoms with Crippen LogP contribution >= 0.6 is 27.5 Å². The molecule has 2 rings (SSSR count). The highest BCUT2D eigenvalue weighted by Gasteiger charge is 2.19. The van der Waals surface area contributed by atoms with Gasteiger partial charge in [-0.25, -0.2) is 4.39 Å². The van der Waals surface area contributed by atoms with Gasteiger partial charge in [-0.15, -0.1) is 0 Å². The lowest BCUT2D eigenvalue weighted by atomic mass is 9.98. The molecule has 0 heterocycles. The second-order valence-electron chi connectivity index (χ2n) is 4.18. The SMILES string of the molecule is CCNC(c1ccc(Br)cc1)c1c(F)cccc1Cl. The Labute approximate surface area is 125 Å². The van der Waals surface area contributed by atoms with Crippen LogP contribution in [-0.4, -0.2) is 6.54 Å². The van der Waals surface area contributed by atoms with Gasteiger partial charge in [-0.2, -0.15) is 0 Å². The molecule has 1 nitrogen and oxygen atoms in total. The van der Waals surface area contributed by atoms with Gasteiger partial charge in [-0.05, 0) is 36.4 Å². The molecule has 0 spiro atoms. The van der Waals surface area contributed by atoms with Crippen LogP contribution in [0.1, 0.15) is 24.1 Å². The van der Waals surface area contributed by atoms with E-state index in [1.165, 1.54) is 6.07 Å². The predicted molar refractivity (Wildman–Crippen MR) is 81.1 cm³/mol. The minimum atomic E-state index is -0.290. The highest BCUT2D eigenvalue weighted by molar-refractivity contribution is 9.10. The summed E-state index contributed by atoms with van der Waals surface area (Å²) in [6.07, 6.45) is 0. The number of nitrogens with one attached hydrogen (secondary N) is 1. The number of rotatable bonds is 4. The predicted octanol–water partition coefficient (Wildman–Crippen LogP) is 4.94. The molecular formula is C15H14BrClFN. The van der Waals surface area contributed by atoms with Gasteiger partial charge in [0.15, 0.2) is 0 Å². The summed E-state index contributed by atoms with van der Waals surface area (Å²) < 4.78 is 15.0. The summed E-state index contributed by atoms with van der Waals surface area (Å²) in [5.74, 6) is -0.290. The quantitative estimate of drug-likeness (QED) is 0.830. The summed E-state index contributed by atoms with van der Waals surface area (Å²) in [7, 11) is 0. The van der Waals surface area contributed by atoms with Crippen LogP contribution in [0.15, 0.2) is 46.9 Å². The number of halogens is 3. The average Bonchev–Trinajstić information content (AvgIpc) is 2.38. The third-order valence-corrected chi connectivity index (χ3v) is 3.76. The van der Waals surface area contributed by atoms with Gasteiger partial charge in [-0.1, -0.05) is 52.7 Å². The zero-order chi connectivity index (χ0) is 13.8. The van der Waals surface area contributed by atoms with Gasteiger partial charge in [0, 0.05) is 15.1 Å². The van der Waals surface area contributed by atoms with Gasteiger partial charge in [-0.3, -0.25) is 0 Å². The fourth-order valence-electron chi connectivity index (χ4n) is 2.03. The number of hydrogen-bond acceptors (Lipinski definition) is 1. The standard InChI is InChI=1S/C15H14BrClFN/c1-2-19-15(10-6-8-11(16)9-7-10)14-12(17)4-3-5-13(14)18/h3-9,15,19H,2H2,1H3. The molecule has 0 saturated carbocycles. The van der Waals surface area contributed by atoms with Crippen molar-refractivity contribution in [2.45, 2.75) is 13.0 Å². The molecule has 0 fully saturated rings. The monoisotopic (exact) mass is 341 g/mol. The highest BCUT2D eigenvalue weighted by Crippen LogP contribution is 2.31. The smallest absolute Gasteiger partial charge is 0.129 e. The van der Waals surface area contributed by atoms with E-state index >= 15 is 0 Å². The van der Waals surface area contributed by atoms with Crippen LogP contribution in [0.2, 0.25) is 5.02 Å². The van der Waals surface area contributed by atoms with E-state index in [2.05, 4.69) is 21.2 Å². The first-order valence-corrected chi connectivity index (χ1v) is 7.23. The molecule has 0 aliphatic heterocycles. The van der Waals surface area contributed by atoms with Crippen molar-refractivity contribution in [3.8, 4) is 0 Å². The van der Waals surface area contributed by atoms with Crippen molar-refractivity contribution in [1.82, 2.24) is 5.32 Å². The first kappa shape index (κ1) is 14.5. The van der Waals surface area contributed by atoms with E-state index in [9.17, 15) is 4.39 Å². The summed E-state index contributed by atoms with van der Waals surface area (Å²) in [5.41, 5.74) is 1.48. The largest absolute Gasteiger partial charge is 0.306 e. The summed E-state index contributed by atoms with van der Waals surface area (Å²) in [6, 6.07) is 12.3. The molecule has 0 aliphatic carbocycles. The molecule has 0 radical (unpaired) electrons. The first-order chi connectivity index (χ1) is 9.13. The van der Waals surface area contributed by atoms with E-state index < -0.39 is 0 Å². The van der Waals surface area contributed by atoms with E-state index in [4.69, 9.17) is 11.6 Å². The van der Waals surface area contributed by atoms with E-state index in [0.29, 0.717) is 10.6 Å². The molecule has 2 aromatic carbocycles. The minimum absolute atomic E-state index is 0.244. The maximum Gasteiger partial charge on any atom is 0.129 e. The maximum atomic E-state index is 14.1. The summed E-state index contributed by atoms with van der Waals surface area (Å²) in [5, 5.41) is 3.72. The molecule has 0 aliphatic rings. The topological polar surface area (TPSA) is 12.0 Å².